The smallest absolute Gasteiger partial charge is 0.146 e. The number of hydrogen-bond acceptors (Lipinski definition) is 4. The van der Waals surface area contributed by atoms with Crippen molar-refractivity contribution < 1.29 is 4.42 Å². The summed E-state index contributed by atoms with van der Waals surface area (Å²) in [4.78, 5) is 6.81. The van der Waals surface area contributed by atoms with E-state index in [4.69, 9.17) is 9.83 Å². The minimum absolute atomic E-state index is 0.539. The third-order valence-electron chi connectivity index (χ3n) is 4.54. The Kier molecular flexibility index (Phi) is 4.57. The van der Waals surface area contributed by atoms with Crippen LogP contribution in [-0.4, -0.2) is 39.7 Å². The van der Waals surface area contributed by atoms with Gasteiger partial charge in [0, 0.05) is 12.2 Å². The second kappa shape index (κ2) is 6.65. The molecule has 0 amide bonds. The maximum absolute atomic E-state index is 8.60. The molecule has 3 heterocycles. The van der Waals surface area contributed by atoms with Crippen molar-refractivity contribution >= 4 is 11.0 Å². The van der Waals surface area contributed by atoms with Gasteiger partial charge in [0.05, 0.1) is 24.5 Å². The van der Waals surface area contributed by atoms with Gasteiger partial charge in [0.2, 0.25) is 0 Å². The summed E-state index contributed by atoms with van der Waals surface area (Å²) in [6.45, 7) is 6.60. The number of aryl methyl sites for hydroxylation is 2. The van der Waals surface area contributed by atoms with Crippen LogP contribution in [0.25, 0.3) is 11.0 Å². The van der Waals surface area contributed by atoms with E-state index in [1.165, 1.54) is 0 Å². The molecule has 0 saturated heterocycles. The highest BCUT2D eigenvalue weighted by atomic mass is 16.3. The molecular formula is C18H25N5O. The van der Waals surface area contributed by atoms with Gasteiger partial charge < -0.3 is 18.5 Å². The predicted molar refractivity (Wildman–Crippen MR) is 94.0 cm³/mol. The normalized spacial score (nSPS) is 11.7. The standard InChI is InChI=1S/C18H25N5O/c1-13-14(2)23(11-15-7-5-10-24-15)18-16(13)17(19)22(12-20-18)9-6-8-21(3)4/h5,7,10,12,19H,6,8-9,11H2,1-4H3. The first-order chi connectivity index (χ1) is 11.5. The van der Waals surface area contributed by atoms with Crippen molar-refractivity contribution in [3.63, 3.8) is 0 Å². The summed E-state index contributed by atoms with van der Waals surface area (Å²) in [5.41, 5.74) is 3.65. The van der Waals surface area contributed by atoms with Gasteiger partial charge in [0.1, 0.15) is 16.9 Å². The summed E-state index contributed by atoms with van der Waals surface area (Å²) in [6, 6.07) is 3.86. The largest absolute Gasteiger partial charge is 0.467 e. The first-order valence-electron chi connectivity index (χ1n) is 8.25. The minimum atomic E-state index is 0.539. The van der Waals surface area contributed by atoms with E-state index in [-0.39, 0.29) is 0 Å². The van der Waals surface area contributed by atoms with E-state index < -0.39 is 0 Å². The predicted octanol–water partition coefficient (Wildman–Crippen LogP) is 2.53. The highest BCUT2D eigenvalue weighted by molar-refractivity contribution is 5.80. The lowest BCUT2D eigenvalue weighted by Crippen LogP contribution is -2.23. The van der Waals surface area contributed by atoms with Crippen LogP contribution in [0.3, 0.4) is 0 Å². The lowest BCUT2D eigenvalue weighted by Gasteiger charge is -2.11. The Balaban J connectivity index is 1.99. The van der Waals surface area contributed by atoms with Gasteiger partial charge >= 0.3 is 0 Å². The van der Waals surface area contributed by atoms with Crippen LogP contribution in [0.15, 0.2) is 29.1 Å². The molecule has 0 fully saturated rings. The highest BCUT2D eigenvalue weighted by Crippen LogP contribution is 2.22. The van der Waals surface area contributed by atoms with E-state index in [1.54, 1.807) is 12.6 Å². The molecule has 3 aromatic rings. The van der Waals surface area contributed by atoms with Crippen LogP contribution in [-0.2, 0) is 13.1 Å². The molecule has 0 bridgehead atoms. The zero-order valence-corrected chi connectivity index (χ0v) is 14.8. The van der Waals surface area contributed by atoms with E-state index in [1.807, 2.05) is 16.7 Å². The Morgan fingerprint density at radius 1 is 1.29 bits per heavy atom. The van der Waals surface area contributed by atoms with E-state index in [0.29, 0.717) is 12.0 Å². The number of nitrogens with one attached hydrogen (secondary N) is 1. The molecule has 6 heteroatoms. The quantitative estimate of drug-likeness (QED) is 0.757. The summed E-state index contributed by atoms with van der Waals surface area (Å²) in [5.74, 6) is 0.894. The molecule has 0 spiro atoms. The maximum atomic E-state index is 8.60. The van der Waals surface area contributed by atoms with E-state index in [2.05, 4.69) is 42.4 Å². The third kappa shape index (κ3) is 3.01. The van der Waals surface area contributed by atoms with Crippen LogP contribution in [0.1, 0.15) is 23.4 Å². The molecule has 0 aliphatic carbocycles. The van der Waals surface area contributed by atoms with E-state index in [0.717, 1.165) is 47.6 Å². The second-order valence-electron chi connectivity index (χ2n) is 6.52. The van der Waals surface area contributed by atoms with Crippen LogP contribution >= 0.6 is 0 Å². The van der Waals surface area contributed by atoms with E-state index in [9.17, 15) is 0 Å². The second-order valence-corrected chi connectivity index (χ2v) is 6.52. The Labute approximate surface area is 141 Å². The first-order valence-corrected chi connectivity index (χ1v) is 8.25. The van der Waals surface area contributed by atoms with Gasteiger partial charge in [0.15, 0.2) is 0 Å². The average Bonchev–Trinajstić information content (AvgIpc) is 3.13. The Bertz CT molecular complexity index is 886. The van der Waals surface area contributed by atoms with Gasteiger partial charge in [-0.1, -0.05) is 0 Å². The summed E-state index contributed by atoms with van der Waals surface area (Å²) in [7, 11) is 4.13. The van der Waals surface area contributed by atoms with Gasteiger partial charge in [0.25, 0.3) is 0 Å². The molecule has 0 aliphatic rings. The minimum Gasteiger partial charge on any atom is -0.467 e. The molecule has 3 rings (SSSR count). The topological polar surface area (TPSA) is 63.0 Å². The molecule has 0 saturated carbocycles. The fourth-order valence-corrected chi connectivity index (χ4v) is 3.07. The highest BCUT2D eigenvalue weighted by Gasteiger charge is 2.16. The molecule has 0 aliphatic heterocycles. The third-order valence-corrected chi connectivity index (χ3v) is 4.54. The fraction of sp³-hybridized carbons (Fsp3) is 0.444. The molecule has 0 aromatic carbocycles. The van der Waals surface area contributed by atoms with Gasteiger partial charge in [-0.3, -0.25) is 5.41 Å². The van der Waals surface area contributed by atoms with Crippen molar-refractivity contribution in [2.75, 3.05) is 20.6 Å². The molecular weight excluding hydrogens is 302 g/mol. The molecule has 0 unspecified atom stereocenters. The molecule has 128 valence electrons. The van der Waals surface area contributed by atoms with Crippen LogP contribution in [0, 0.1) is 19.3 Å². The average molecular weight is 327 g/mol. The number of aromatic nitrogens is 3. The molecule has 3 aromatic heterocycles. The van der Waals surface area contributed by atoms with Gasteiger partial charge in [-0.2, -0.15) is 0 Å². The zero-order chi connectivity index (χ0) is 17.3. The zero-order valence-electron chi connectivity index (χ0n) is 14.8. The molecule has 24 heavy (non-hydrogen) atoms. The summed E-state index contributed by atoms with van der Waals surface area (Å²) >= 11 is 0. The van der Waals surface area contributed by atoms with Crippen molar-refractivity contribution in [2.45, 2.75) is 33.4 Å². The van der Waals surface area contributed by atoms with Gasteiger partial charge in [-0.15, -0.1) is 0 Å². The fourth-order valence-electron chi connectivity index (χ4n) is 3.07. The number of furan rings is 1. The lowest BCUT2D eigenvalue weighted by atomic mass is 10.2. The number of fused-ring (bicyclic) bond motifs is 1. The van der Waals surface area contributed by atoms with Crippen molar-refractivity contribution in [1.29, 1.82) is 5.41 Å². The monoisotopic (exact) mass is 327 g/mol. The lowest BCUT2D eigenvalue weighted by molar-refractivity contribution is 0.383. The maximum Gasteiger partial charge on any atom is 0.146 e. The summed E-state index contributed by atoms with van der Waals surface area (Å²) in [5, 5.41) is 9.53. The van der Waals surface area contributed by atoms with Crippen molar-refractivity contribution in [1.82, 2.24) is 19.0 Å². The molecule has 6 nitrogen and oxygen atoms in total. The number of rotatable bonds is 6. The van der Waals surface area contributed by atoms with Crippen LogP contribution in [0.4, 0.5) is 0 Å². The molecule has 0 atom stereocenters. The molecule has 0 radical (unpaired) electrons. The number of hydrogen-bond donors (Lipinski definition) is 1. The summed E-state index contributed by atoms with van der Waals surface area (Å²) < 4.78 is 9.55. The van der Waals surface area contributed by atoms with Crippen LogP contribution < -0.4 is 5.49 Å². The van der Waals surface area contributed by atoms with Gasteiger partial charge in [-0.25, -0.2) is 4.98 Å². The Morgan fingerprint density at radius 3 is 2.75 bits per heavy atom. The van der Waals surface area contributed by atoms with Crippen molar-refractivity contribution in [3.05, 3.63) is 47.2 Å². The SMILES string of the molecule is Cc1c(C)n(Cc2ccco2)c2ncn(CCCN(C)C)c(=N)c12. The Morgan fingerprint density at radius 2 is 2.08 bits per heavy atom. The van der Waals surface area contributed by atoms with E-state index >= 15 is 0 Å². The first kappa shape index (κ1) is 16.5. The molecule has 1 N–H and O–H groups in total. The Hall–Kier alpha value is -2.34. The number of nitrogens with zero attached hydrogens (tertiary/aromatic N) is 4. The summed E-state index contributed by atoms with van der Waals surface area (Å²) in [6.07, 6.45) is 4.48. The van der Waals surface area contributed by atoms with Crippen molar-refractivity contribution in [3.8, 4) is 0 Å². The van der Waals surface area contributed by atoms with Gasteiger partial charge in [-0.05, 0) is 58.6 Å². The van der Waals surface area contributed by atoms with Crippen LogP contribution in [0.5, 0.6) is 0 Å². The van der Waals surface area contributed by atoms with Crippen LogP contribution in [0.2, 0.25) is 0 Å². The van der Waals surface area contributed by atoms with Crippen molar-refractivity contribution in [2.24, 2.45) is 0 Å².